The number of nitrogens with zero attached hydrogens (tertiary/aromatic N) is 5. The molecular formula is C61H41N5O. The standard InChI is InChI=1S/C61H41N5O/c1-3-17-38(2)65-53-32-30-42(37-51(53)47-34-35-67-61(47)65)41-31-33-54-50(36-41)44-23-11-6-12-28-52(44)66(54)55-29-16-25-46-43-22-13-14-24-45(43)56-48(57(46)55)26-15-27-49(56)60-63-58(39-18-7-4-8-19-39)62-59(64-60)40-20-9-5-10-21-40/h3-5,7-11,13-14,16-25,27,29-37H,1,6,15,26H2,2H3/b38-17+. The molecule has 0 bridgehead atoms. The Hall–Kier alpha value is -8.79. The highest BCUT2D eigenvalue weighted by Gasteiger charge is 2.27. The highest BCUT2D eigenvalue weighted by molar-refractivity contribution is 6.18. The van der Waals surface area contributed by atoms with E-state index in [1.165, 1.54) is 32.7 Å². The smallest absolute Gasteiger partial charge is 0.211 e. The van der Waals surface area contributed by atoms with Gasteiger partial charge in [-0.15, -0.1) is 0 Å². The summed E-state index contributed by atoms with van der Waals surface area (Å²) in [7, 11) is 0. The summed E-state index contributed by atoms with van der Waals surface area (Å²) in [6.45, 7) is 6.02. The fraction of sp³-hybridized carbons (Fsp3) is 0.0656. The second-order valence-electron chi connectivity index (χ2n) is 17.3. The first-order valence-corrected chi connectivity index (χ1v) is 22.8. The normalized spacial score (nSPS) is 13.4. The summed E-state index contributed by atoms with van der Waals surface area (Å²) in [6.07, 6.45) is 14.8. The second kappa shape index (κ2) is 15.4. The molecule has 0 unspecified atom stereocenters. The Labute approximate surface area is 387 Å². The van der Waals surface area contributed by atoms with Crippen LogP contribution in [0.3, 0.4) is 0 Å². The van der Waals surface area contributed by atoms with Crippen molar-refractivity contribution >= 4 is 71.8 Å². The third-order valence-corrected chi connectivity index (χ3v) is 13.5. The van der Waals surface area contributed by atoms with Gasteiger partial charge in [-0.2, -0.15) is 0 Å². The number of hydrogen-bond donors (Lipinski definition) is 0. The van der Waals surface area contributed by atoms with E-state index in [0.29, 0.717) is 23.9 Å². The number of furan rings is 1. The Morgan fingerprint density at radius 1 is 0.657 bits per heavy atom. The fourth-order valence-corrected chi connectivity index (χ4v) is 10.6. The number of allylic oxidation sites excluding steroid dienone is 5. The van der Waals surface area contributed by atoms with E-state index in [0.717, 1.165) is 96.2 Å². The molecule has 0 amide bonds. The fourth-order valence-electron chi connectivity index (χ4n) is 10.6. The number of aryl methyl sites for hydroxylation is 1. The molecule has 2 aliphatic carbocycles. The van der Waals surface area contributed by atoms with E-state index in [9.17, 15) is 0 Å². The lowest BCUT2D eigenvalue weighted by Gasteiger charge is -2.25. The lowest BCUT2D eigenvalue weighted by Crippen LogP contribution is -2.10. The van der Waals surface area contributed by atoms with Gasteiger partial charge >= 0.3 is 0 Å². The molecule has 316 valence electrons. The second-order valence-corrected chi connectivity index (χ2v) is 17.3. The molecule has 0 N–H and O–H groups in total. The maximum Gasteiger partial charge on any atom is 0.211 e. The molecule has 0 fully saturated rings. The Balaban J connectivity index is 1.03. The highest BCUT2D eigenvalue weighted by atomic mass is 16.3. The van der Waals surface area contributed by atoms with Crippen molar-refractivity contribution in [2.24, 2.45) is 0 Å². The summed E-state index contributed by atoms with van der Waals surface area (Å²) in [5.74, 6) is 9.10. The largest absolute Gasteiger partial charge is 0.447 e. The van der Waals surface area contributed by atoms with E-state index in [2.05, 4.69) is 162 Å². The van der Waals surface area contributed by atoms with Gasteiger partial charge in [0.25, 0.3) is 0 Å². The van der Waals surface area contributed by atoms with Crippen LogP contribution in [0, 0.1) is 11.8 Å². The molecule has 0 saturated heterocycles. The maximum absolute atomic E-state index is 6.04. The SMILES string of the molecule is C=C/C=C(\C)n1c2ccc(-c3ccc4c(c3)c3c(n4-c4cccc5c4c4c(c6ccccc65)C(c5nc(-c6ccccc6)nc(-c6ccccc6)n5)=CCC4)C#CCC=C3)cc2c2ccoc21. The first kappa shape index (κ1) is 38.6. The van der Waals surface area contributed by atoms with Crippen LogP contribution in [-0.2, 0) is 6.42 Å². The quantitative estimate of drug-likeness (QED) is 0.0910. The van der Waals surface area contributed by atoms with E-state index < -0.39 is 0 Å². The molecule has 4 heterocycles. The third kappa shape index (κ3) is 6.09. The monoisotopic (exact) mass is 859 g/mol. The van der Waals surface area contributed by atoms with Crippen LogP contribution in [0.5, 0.6) is 0 Å². The number of aromatic nitrogens is 5. The first-order chi connectivity index (χ1) is 33.1. The maximum atomic E-state index is 6.04. The Morgan fingerprint density at radius 2 is 1.34 bits per heavy atom. The van der Waals surface area contributed by atoms with Gasteiger partial charge in [-0.25, -0.2) is 15.0 Å². The third-order valence-electron chi connectivity index (χ3n) is 13.5. The molecule has 0 radical (unpaired) electrons. The van der Waals surface area contributed by atoms with Gasteiger partial charge in [0, 0.05) is 55.9 Å². The molecule has 0 aliphatic heterocycles. The molecule has 2 aliphatic rings. The summed E-state index contributed by atoms with van der Waals surface area (Å²) in [4.78, 5) is 15.6. The number of benzene rings is 7. The van der Waals surface area contributed by atoms with Crippen LogP contribution in [0.15, 0.2) is 187 Å². The van der Waals surface area contributed by atoms with E-state index in [1.54, 1.807) is 6.26 Å². The van der Waals surface area contributed by atoms with Crippen LogP contribution in [0.1, 0.15) is 48.0 Å². The van der Waals surface area contributed by atoms with Crippen molar-refractivity contribution in [2.75, 3.05) is 0 Å². The van der Waals surface area contributed by atoms with Crippen LogP contribution >= 0.6 is 0 Å². The van der Waals surface area contributed by atoms with Crippen molar-refractivity contribution in [1.82, 2.24) is 24.1 Å². The minimum absolute atomic E-state index is 0.652. The van der Waals surface area contributed by atoms with Crippen molar-refractivity contribution in [3.63, 3.8) is 0 Å². The molecule has 6 heteroatoms. The molecule has 0 atom stereocenters. The van der Waals surface area contributed by atoms with Crippen LogP contribution in [0.4, 0.5) is 0 Å². The summed E-state index contributed by atoms with van der Waals surface area (Å²) in [6, 6.07) is 51.7. The van der Waals surface area contributed by atoms with E-state index >= 15 is 0 Å². The highest BCUT2D eigenvalue weighted by Crippen LogP contribution is 2.46. The predicted molar refractivity (Wildman–Crippen MR) is 276 cm³/mol. The number of hydrogen-bond acceptors (Lipinski definition) is 4. The molecule has 0 spiro atoms. The zero-order chi connectivity index (χ0) is 44.6. The lowest BCUT2D eigenvalue weighted by atomic mass is 9.82. The number of rotatable bonds is 7. The van der Waals surface area contributed by atoms with Crippen LogP contribution in [0.25, 0.3) is 111 Å². The minimum atomic E-state index is 0.652. The zero-order valence-electron chi connectivity index (χ0n) is 36.8. The molecule has 6 nitrogen and oxygen atoms in total. The molecule has 0 saturated carbocycles. The van der Waals surface area contributed by atoms with Gasteiger partial charge in [0.05, 0.1) is 23.0 Å². The summed E-state index contributed by atoms with van der Waals surface area (Å²) >= 11 is 0. The molecule has 11 aromatic rings. The molecular weight excluding hydrogens is 819 g/mol. The Kier molecular flexibility index (Phi) is 8.90. The Bertz CT molecular complexity index is 3980. The molecule has 13 rings (SSSR count). The molecule has 7 aromatic carbocycles. The zero-order valence-corrected chi connectivity index (χ0v) is 36.8. The average Bonchev–Trinajstić information content (AvgIpc) is 4.01. The lowest BCUT2D eigenvalue weighted by molar-refractivity contribution is 0.597. The van der Waals surface area contributed by atoms with Crippen molar-refractivity contribution < 1.29 is 4.42 Å². The summed E-state index contributed by atoms with van der Waals surface area (Å²) in [5.41, 5.74) is 15.0. The predicted octanol–water partition coefficient (Wildman–Crippen LogP) is 15.0. The number of fused-ring (bicyclic) bond motifs is 12. The molecule has 67 heavy (non-hydrogen) atoms. The van der Waals surface area contributed by atoms with Crippen LogP contribution in [0.2, 0.25) is 0 Å². The summed E-state index contributed by atoms with van der Waals surface area (Å²) < 4.78 is 10.6. The van der Waals surface area contributed by atoms with Crippen LogP contribution < -0.4 is 0 Å². The van der Waals surface area contributed by atoms with E-state index in [4.69, 9.17) is 19.4 Å². The first-order valence-electron chi connectivity index (χ1n) is 22.8. The van der Waals surface area contributed by atoms with Crippen molar-refractivity contribution in [3.8, 4) is 51.4 Å². The van der Waals surface area contributed by atoms with Gasteiger partial charge in [-0.1, -0.05) is 146 Å². The van der Waals surface area contributed by atoms with E-state index in [1.807, 2.05) is 48.6 Å². The van der Waals surface area contributed by atoms with Gasteiger partial charge in [0.15, 0.2) is 17.5 Å². The van der Waals surface area contributed by atoms with Gasteiger partial charge in [0.2, 0.25) is 5.71 Å². The van der Waals surface area contributed by atoms with Crippen molar-refractivity contribution in [1.29, 1.82) is 0 Å². The van der Waals surface area contributed by atoms with Gasteiger partial charge in [-0.3, -0.25) is 4.57 Å². The average molecular weight is 860 g/mol. The van der Waals surface area contributed by atoms with Gasteiger partial charge in [-0.05, 0) is 107 Å². The minimum Gasteiger partial charge on any atom is -0.447 e. The molecule has 4 aromatic heterocycles. The van der Waals surface area contributed by atoms with Gasteiger partial charge in [0.1, 0.15) is 5.69 Å². The topological polar surface area (TPSA) is 61.7 Å². The van der Waals surface area contributed by atoms with E-state index in [-0.39, 0.29) is 0 Å². The Morgan fingerprint density at radius 3 is 2.10 bits per heavy atom. The van der Waals surface area contributed by atoms with Gasteiger partial charge < -0.3 is 8.98 Å². The van der Waals surface area contributed by atoms with Crippen molar-refractivity contribution in [3.05, 3.63) is 211 Å². The van der Waals surface area contributed by atoms with Crippen LogP contribution in [-0.4, -0.2) is 24.1 Å². The summed E-state index contributed by atoms with van der Waals surface area (Å²) in [5, 5.41) is 8.20. The van der Waals surface area contributed by atoms with Crippen molar-refractivity contribution in [2.45, 2.75) is 26.2 Å².